The van der Waals surface area contributed by atoms with Crippen molar-refractivity contribution in [1.29, 1.82) is 0 Å². The second-order valence-electron chi connectivity index (χ2n) is 4.16. The van der Waals surface area contributed by atoms with E-state index >= 15 is 0 Å². The minimum Gasteiger partial charge on any atom is -0.267 e. The van der Waals surface area contributed by atoms with E-state index in [-0.39, 0.29) is 5.91 Å². The Bertz CT molecular complexity index is 653. The predicted molar refractivity (Wildman–Crippen MR) is 85.3 cm³/mol. The Morgan fingerprint density at radius 2 is 1.85 bits per heavy atom. The van der Waals surface area contributed by atoms with Crippen molar-refractivity contribution in [3.8, 4) is 0 Å². The standard InChI is InChI=1S/C15H12BrClN2O/c1-10(11-5-7-14(17)8-6-11)18-19-15(20)12-3-2-4-13(16)9-12/h2-9H,1H3,(H,19,20). The van der Waals surface area contributed by atoms with E-state index in [0.717, 1.165) is 10.0 Å². The smallest absolute Gasteiger partial charge is 0.267 e. The molecule has 0 unspecified atom stereocenters. The van der Waals surface area contributed by atoms with E-state index in [4.69, 9.17) is 11.6 Å². The van der Waals surface area contributed by atoms with Crippen LogP contribution >= 0.6 is 27.5 Å². The molecule has 0 fully saturated rings. The Morgan fingerprint density at radius 1 is 1.15 bits per heavy atom. The normalized spacial score (nSPS) is 11.2. The van der Waals surface area contributed by atoms with Crippen molar-refractivity contribution < 1.29 is 4.79 Å². The third-order valence-electron chi connectivity index (χ3n) is 2.67. The highest BCUT2D eigenvalue weighted by Gasteiger charge is 2.05. The van der Waals surface area contributed by atoms with Crippen molar-refractivity contribution in [2.24, 2.45) is 5.10 Å². The molecule has 5 heteroatoms. The van der Waals surface area contributed by atoms with Gasteiger partial charge in [-0.25, -0.2) is 5.43 Å². The number of carbonyl (C=O) groups excluding carboxylic acids is 1. The predicted octanol–water partition coefficient (Wildman–Crippen LogP) is 4.26. The second-order valence-corrected chi connectivity index (χ2v) is 5.51. The van der Waals surface area contributed by atoms with E-state index in [9.17, 15) is 4.79 Å². The fourth-order valence-electron chi connectivity index (χ4n) is 1.58. The lowest BCUT2D eigenvalue weighted by Gasteiger charge is -2.03. The van der Waals surface area contributed by atoms with Gasteiger partial charge in [0.15, 0.2) is 0 Å². The van der Waals surface area contributed by atoms with Gasteiger partial charge in [-0.15, -0.1) is 0 Å². The van der Waals surface area contributed by atoms with Gasteiger partial charge in [-0.05, 0) is 42.8 Å². The molecule has 0 spiro atoms. The Morgan fingerprint density at radius 3 is 2.50 bits per heavy atom. The summed E-state index contributed by atoms with van der Waals surface area (Å²) in [7, 11) is 0. The molecule has 0 saturated heterocycles. The number of benzene rings is 2. The van der Waals surface area contributed by atoms with E-state index < -0.39 is 0 Å². The van der Waals surface area contributed by atoms with E-state index in [1.54, 1.807) is 30.3 Å². The average Bonchev–Trinajstić information content (AvgIpc) is 2.45. The van der Waals surface area contributed by atoms with Gasteiger partial charge in [-0.2, -0.15) is 5.10 Å². The molecule has 0 heterocycles. The maximum atomic E-state index is 11.9. The van der Waals surface area contributed by atoms with E-state index in [1.807, 2.05) is 25.1 Å². The van der Waals surface area contributed by atoms with Gasteiger partial charge in [0.05, 0.1) is 5.71 Å². The zero-order valence-electron chi connectivity index (χ0n) is 10.7. The molecular formula is C15H12BrClN2O. The molecule has 0 atom stereocenters. The van der Waals surface area contributed by atoms with Gasteiger partial charge in [-0.1, -0.05) is 45.7 Å². The third-order valence-corrected chi connectivity index (χ3v) is 3.42. The van der Waals surface area contributed by atoms with Crippen LogP contribution in [0.2, 0.25) is 5.02 Å². The Kier molecular flexibility index (Phi) is 4.93. The van der Waals surface area contributed by atoms with Crippen LogP contribution in [0.5, 0.6) is 0 Å². The summed E-state index contributed by atoms with van der Waals surface area (Å²) in [6, 6.07) is 14.4. The number of nitrogens with one attached hydrogen (secondary N) is 1. The lowest BCUT2D eigenvalue weighted by atomic mass is 10.1. The zero-order chi connectivity index (χ0) is 14.5. The lowest BCUT2D eigenvalue weighted by Crippen LogP contribution is -2.19. The number of hydrogen-bond acceptors (Lipinski definition) is 2. The first kappa shape index (κ1) is 14.8. The number of carbonyl (C=O) groups is 1. The van der Waals surface area contributed by atoms with Crippen molar-refractivity contribution in [3.63, 3.8) is 0 Å². The van der Waals surface area contributed by atoms with E-state index in [2.05, 4.69) is 26.5 Å². The highest BCUT2D eigenvalue weighted by Crippen LogP contribution is 2.12. The molecule has 2 aromatic rings. The molecule has 102 valence electrons. The fraction of sp³-hybridized carbons (Fsp3) is 0.0667. The van der Waals surface area contributed by atoms with Crippen LogP contribution in [0.15, 0.2) is 58.1 Å². The van der Waals surface area contributed by atoms with Gasteiger partial charge in [0.25, 0.3) is 5.91 Å². The summed E-state index contributed by atoms with van der Waals surface area (Å²) >= 11 is 9.15. The van der Waals surface area contributed by atoms with Crippen molar-refractivity contribution in [2.45, 2.75) is 6.92 Å². The number of rotatable bonds is 3. The summed E-state index contributed by atoms with van der Waals surface area (Å²) in [6.07, 6.45) is 0. The average molecular weight is 352 g/mol. The van der Waals surface area contributed by atoms with Crippen LogP contribution < -0.4 is 5.43 Å². The van der Waals surface area contributed by atoms with Crippen LogP contribution in [0.1, 0.15) is 22.8 Å². The summed E-state index contributed by atoms with van der Waals surface area (Å²) in [5, 5.41) is 4.76. The molecule has 2 aromatic carbocycles. The SMILES string of the molecule is CC(=NNC(=O)c1cccc(Br)c1)c1ccc(Cl)cc1. The minimum atomic E-state index is -0.250. The molecular weight excluding hydrogens is 340 g/mol. The van der Waals surface area contributed by atoms with Crippen LogP contribution in [-0.2, 0) is 0 Å². The molecule has 0 bridgehead atoms. The lowest BCUT2D eigenvalue weighted by molar-refractivity contribution is 0.0955. The number of amides is 1. The highest BCUT2D eigenvalue weighted by molar-refractivity contribution is 9.10. The maximum absolute atomic E-state index is 11.9. The largest absolute Gasteiger partial charge is 0.271 e. The van der Waals surface area contributed by atoms with Crippen molar-refractivity contribution in [1.82, 2.24) is 5.43 Å². The minimum absolute atomic E-state index is 0.250. The summed E-state index contributed by atoms with van der Waals surface area (Å²) in [6.45, 7) is 1.82. The van der Waals surface area contributed by atoms with Gasteiger partial charge in [0, 0.05) is 15.1 Å². The second kappa shape index (κ2) is 6.68. The van der Waals surface area contributed by atoms with Crippen LogP contribution in [0.3, 0.4) is 0 Å². The first-order valence-electron chi connectivity index (χ1n) is 5.92. The molecule has 20 heavy (non-hydrogen) atoms. The quantitative estimate of drug-likeness (QED) is 0.651. The molecule has 0 aliphatic carbocycles. The van der Waals surface area contributed by atoms with Gasteiger partial charge < -0.3 is 0 Å². The summed E-state index contributed by atoms with van der Waals surface area (Å²) in [5.74, 6) is -0.250. The Hall–Kier alpha value is -1.65. The molecule has 0 aliphatic heterocycles. The van der Waals surface area contributed by atoms with E-state index in [1.165, 1.54) is 0 Å². The highest BCUT2D eigenvalue weighted by atomic mass is 79.9. The summed E-state index contributed by atoms with van der Waals surface area (Å²) in [4.78, 5) is 11.9. The fourth-order valence-corrected chi connectivity index (χ4v) is 2.11. The molecule has 0 aliphatic rings. The van der Waals surface area contributed by atoms with Gasteiger partial charge in [-0.3, -0.25) is 4.79 Å². The number of nitrogens with zero attached hydrogens (tertiary/aromatic N) is 1. The first-order valence-corrected chi connectivity index (χ1v) is 7.09. The first-order chi connectivity index (χ1) is 9.56. The molecule has 3 nitrogen and oxygen atoms in total. The molecule has 2 rings (SSSR count). The zero-order valence-corrected chi connectivity index (χ0v) is 13.1. The van der Waals surface area contributed by atoms with Crippen molar-refractivity contribution in [3.05, 3.63) is 69.2 Å². The number of hydrazone groups is 1. The molecule has 1 N–H and O–H groups in total. The monoisotopic (exact) mass is 350 g/mol. The van der Waals surface area contributed by atoms with Crippen LogP contribution in [0.25, 0.3) is 0 Å². The molecule has 0 saturated carbocycles. The third kappa shape index (κ3) is 3.92. The summed E-state index contributed by atoms with van der Waals surface area (Å²) < 4.78 is 0.851. The van der Waals surface area contributed by atoms with Crippen LogP contribution in [-0.4, -0.2) is 11.6 Å². The number of hydrogen-bond donors (Lipinski definition) is 1. The number of halogens is 2. The van der Waals surface area contributed by atoms with Crippen molar-refractivity contribution >= 4 is 39.1 Å². The van der Waals surface area contributed by atoms with Gasteiger partial charge in [0.2, 0.25) is 0 Å². The summed E-state index contributed by atoms with van der Waals surface area (Å²) in [5.41, 5.74) is 4.70. The van der Waals surface area contributed by atoms with Crippen LogP contribution in [0.4, 0.5) is 0 Å². The molecule has 0 radical (unpaired) electrons. The molecule has 0 aromatic heterocycles. The van der Waals surface area contributed by atoms with E-state index in [0.29, 0.717) is 16.3 Å². The maximum Gasteiger partial charge on any atom is 0.271 e. The van der Waals surface area contributed by atoms with Gasteiger partial charge in [0.1, 0.15) is 0 Å². The topological polar surface area (TPSA) is 41.5 Å². The Balaban J connectivity index is 2.08. The Labute approximate surface area is 130 Å². The molecule has 1 amide bonds. The van der Waals surface area contributed by atoms with Gasteiger partial charge >= 0.3 is 0 Å². The van der Waals surface area contributed by atoms with Crippen LogP contribution in [0, 0.1) is 0 Å². The van der Waals surface area contributed by atoms with Crippen molar-refractivity contribution in [2.75, 3.05) is 0 Å².